The zero-order valence-electron chi connectivity index (χ0n) is 12.0. The van der Waals surface area contributed by atoms with E-state index in [-0.39, 0.29) is 0 Å². The number of hydrogen-bond acceptors (Lipinski definition) is 5. The van der Waals surface area contributed by atoms with Crippen molar-refractivity contribution in [1.82, 2.24) is 19.7 Å². The van der Waals surface area contributed by atoms with Gasteiger partial charge in [-0.05, 0) is 37.3 Å². The summed E-state index contributed by atoms with van der Waals surface area (Å²) in [5, 5.41) is 7.50. The Hall–Kier alpha value is -2.02. The smallest absolute Gasteiger partial charge is 0.169 e. The van der Waals surface area contributed by atoms with E-state index in [4.69, 9.17) is 22.9 Å². The summed E-state index contributed by atoms with van der Waals surface area (Å²) < 4.78 is 1.67. The third kappa shape index (κ3) is 3.02. The van der Waals surface area contributed by atoms with Crippen LogP contribution in [0, 0.1) is 0 Å². The second-order valence-electron chi connectivity index (χ2n) is 5.25. The van der Waals surface area contributed by atoms with E-state index in [9.17, 15) is 0 Å². The van der Waals surface area contributed by atoms with Gasteiger partial charge in [-0.3, -0.25) is 4.68 Å². The third-order valence-corrected chi connectivity index (χ3v) is 3.85. The molecule has 0 spiro atoms. The fourth-order valence-electron chi connectivity index (χ4n) is 2.58. The Morgan fingerprint density at radius 2 is 2.24 bits per heavy atom. The van der Waals surface area contributed by atoms with Crippen LogP contribution in [0.15, 0.2) is 12.4 Å². The summed E-state index contributed by atoms with van der Waals surface area (Å²) in [5.74, 6) is 1.45. The van der Waals surface area contributed by atoms with Gasteiger partial charge >= 0.3 is 0 Å². The van der Waals surface area contributed by atoms with Gasteiger partial charge in [0, 0.05) is 12.7 Å². The number of thiocarbonyl (C=S) groups is 1. The molecule has 3 rings (SSSR count). The highest BCUT2D eigenvalue weighted by Gasteiger charge is 2.16. The number of rotatable bonds is 4. The summed E-state index contributed by atoms with van der Waals surface area (Å²) in [4.78, 5) is 9.27. The maximum atomic E-state index is 5.84. The molecule has 7 heteroatoms. The van der Waals surface area contributed by atoms with Crippen LogP contribution in [0.25, 0.3) is 0 Å². The quantitative estimate of drug-likeness (QED) is 0.829. The number of aryl methyl sites for hydroxylation is 3. The molecule has 0 saturated heterocycles. The molecule has 2 aromatic rings. The van der Waals surface area contributed by atoms with E-state index >= 15 is 0 Å². The van der Waals surface area contributed by atoms with Gasteiger partial charge in [-0.1, -0.05) is 12.2 Å². The van der Waals surface area contributed by atoms with Crippen LogP contribution >= 0.6 is 12.2 Å². The van der Waals surface area contributed by atoms with E-state index in [1.165, 1.54) is 18.4 Å². The van der Waals surface area contributed by atoms with E-state index in [0.717, 1.165) is 29.9 Å². The fourth-order valence-corrected chi connectivity index (χ4v) is 2.74. The topological polar surface area (TPSA) is 81.7 Å². The molecule has 6 nitrogen and oxygen atoms in total. The Kier molecular flexibility index (Phi) is 3.83. The summed E-state index contributed by atoms with van der Waals surface area (Å²) in [5.41, 5.74) is 9.06. The van der Waals surface area contributed by atoms with Gasteiger partial charge < -0.3 is 11.1 Å². The van der Waals surface area contributed by atoms with Crippen LogP contribution < -0.4 is 11.1 Å². The number of hydrogen-bond donors (Lipinski definition) is 2. The number of nitrogens with one attached hydrogen (secondary N) is 1. The molecule has 0 fully saturated rings. The number of aromatic nitrogens is 4. The predicted octanol–water partition coefficient (Wildman–Crippen LogP) is 1.34. The lowest BCUT2D eigenvalue weighted by Crippen LogP contribution is -2.18. The van der Waals surface area contributed by atoms with Gasteiger partial charge in [-0.2, -0.15) is 5.10 Å². The number of nitrogens with two attached hydrogens (primary N) is 1. The molecule has 0 unspecified atom stereocenters. The lowest BCUT2D eigenvalue weighted by molar-refractivity contribution is 0.668. The van der Waals surface area contributed by atoms with Gasteiger partial charge in [0.1, 0.15) is 17.1 Å². The zero-order chi connectivity index (χ0) is 14.8. The first-order valence-corrected chi connectivity index (χ1v) is 7.45. The van der Waals surface area contributed by atoms with Crippen molar-refractivity contribution in [2.24, 2.45) is 12.8 Å². The highest BCUT2D eigenvalue weighted by atomic mass is 32.1. The molecule has 0 bridgehead atoms. The van der Waals surface area contributed by atoms with E-state index in [2.05, 4.69) is 21.5 Å². The van der Waals surface area contributed by atoms with E-state index in [1.807, 2.05) is 7.05 Å². The Morgan fingerprint density at radius 3 is 2.95 bits per heavy atom. The van der Waals surface area contributed by atoms with Crippen LogP contribution in [-0.2, 0) is 26.4 Å². The number of fused-ring (bicyclic) bond motifs is 1. The molecular formula is C14H18N6S. The summed E-state index contributed by atoms with van der Waals surface area (Å²) in [6.45, 7) is 0.502. The van der Waals surface area contributed by atoms with E-state index < -0.39 is 0 Å². The maximum Gasteiger partial charge on any atom is 0.169 e. The zero-order valence-corrected chi connectivity index (χ0v) is 12.8. The predicted molar refractivity (Wildman–Crippen MR) is 85.1 cm³/mol. The average Bonchev–Trinajstić information content (AvgIpc) is 2.89. The van der Waals surface area contributed by atoms with Crippen LogP contribution in [0.4, 0.5) is 5.82 Å². The minimum absolute atomic E-state index is 0.368. The molecule has 0 aromatic carbocycles. The lowest BCUT2D eigenvalue weighted by Gasteiger charge is -2.18. The van der Waals surface area contributed by atoms with Gasteiger partial charge in [-0.25, -0.2) is 9.97 Å². The number of pyridine rings is 1. The van der Waals surface area contributed by atoms with Crippen molar-refractivity contribution < 1.29 is 0 Å². The van der Waals surface area contributed by atoms with Crippen molar-refractivity contribution in [2.75, 3.05) is 5.32 Å². The summed E-state index contributed by atoms with van der Waals surface area (Å²) in [6, 6.07) is 2.08. The van der Waals surface area contributed by atoms with E-state index in [0.29, 0.717) is 17.4 Å². The average molecular weight is 302 g/mol. The molecule has 0 amide bonds. The Balaban J connectivity index is 1.87. The molecule has 2 heterocycles. The van der Waals surface area contributed by atoms with Crippen molar-refractivity contribution >= 4 is 23.0 Å². The molecule has 0 saturated carbocycles. The lowest BCUT2D eigenvalue weighted by atomic mass is 9.94. The molecule has 21 heavy (non-hydrogen) atoms. The Morgan fingerprint density at radius 1 is 1.43 bits per heavy atom. The third-order valence-electron chi connectivity index (χ3n) is 3.63. The SMILES string of the molecule is Cn1cnc(CNc2nc3c(cc2C(N)=S)CCCC3)n1. The van der Waals surface area contributed by atoms with Crippen molar-refractivity contribution in [3.8, 4) is 0 Å². The molecule has 3 N–H and O–H groups in total. The molecule has 0 radical (unpaired) electrons. The van der Waals surface area contributed by atoms with Gasteiger partial charge in [0.2, 0.25) is 0 Å². The molecule has 2 aromatic heterocycles. The first kappa shape index (κ1) is 13.9. The Bertz CT molecular complexity index is 678. The largest absolute Gasteiger partial charge is 0.389 e. The van der Waals surface area contributed by atoms with Gasteiger partial charge in [0.25, 0.3) is 0 Å². The standard InChI is InChI=1S/C14H18N6S/c1-20-8-17-12(19-20)7-16-14-10(13(15)21)6-9-4-2-3-5-11(9)18-14/h6,8H,2-5,7H2,1H3,(H2,15,21)(H,16,18). The number of anilines is 1. The maximum absolute atomic E-state index is 5.84. The second-order valence-corrected chi connectivity index (χ2v) is 5.69. The monoisotopic (exact) mass is 302 g/mol. The summed E-state index contributed by atoms with van der Waals surface area (Å²) in [6.07, 6.45) is 6.14. The fraction of sp³-hybridized carbons (Fsp3) is 0.429. The normalized spacial score (nSPS) is 13.8. The van der Waals surface area contributed by atoms with E-state index in [1.54, 1.807) is 11.0 Å². The molecule has 0 atom stereocenters. The highest BCUT2D eigenvalue weighted by Crippen LogP contribution is 2.25. The molecule has 1 aliphatic rings. The van der Waals surface area contributed by atoms with Crippen LogP contribution in [0.3, 0.4) is 0 Å². The highest BCUT2D eigenvalue weighted by molar-refractivity contribution is 7.80. The van der Waals surface area contributed by atoms with Crippen LogP contribution in [0.5, 0.6) is 0 Å². The van der Waals surface area contributed by atoms with Crippen molar-refractivity contribution in [2.45, 2.75) is 32.2 Å². The summed E-state index contributed by atoms with van der Waals surface area (Å²) >= 11 is 5.15. The molecular weight excluding hydrogens is 284 g/mol. The van der Waals surface area contributed by atoms with Crippen molar-refractivity contribution in [1.29, 1.82) is 0 Å². The first-order chi connectivity index (χ1) is 10.1. The van der Waals surface area contributed by atoms with Gasteiger partial charge in [0.15, 0.2) is 5.82 Å². The van der Waals surface area contributed by atoms with Gasteiger partial charge in [0.05, 0.1) is 12.1 Å². The number of nitrogens with zero attached hydrogens (tertiary/aromatic N) is 4. The molecule has 0 aliphatic heterocycles. The van der Waals surface area contributed by atoms with Crippen LogP contribution in [0.2, 0.25) is 0 Å². The Labute approximate surface area is 128 Å². The van der Waals surface area contributed by atoms with Crippen LogP contribution in [0.1, 0.15) is 35.5 Å². The van der Waals surface area contributed by atoms with Crippen LogP contribution in [-0.4, -0.2) is 24.7 Å². The first-order valence-electron chi connectivity index (χ1n) is 7.04. The van der Waals surface area contributed by atoms with Gasteiger partial charge in [-0.15, -0.1) is 0 Å². The minimum atomic E-state index is 0.368. The second kappa shape index (κ2) is 5.77. The molecule has 110 valence electrons. The van der Waals surface area contributed by atoms with Crippen molar-refractivity contribution in [3.63, 3.8) is 0 Å². The summed E-state index contributed by atoms with van der Waals surface area (Å²) in [7, 11) is 1.84. The minimum Gasteiger partial charge on any atom is -0.389 e. The van der Waals surface area contributed by atoms with Crippen molar-refractivity contribution in [3.05, 3.63) is 35.0 Å². The molecule has 1 aliphatic carbocycles.